The zero-order chi connectivity index (χ0) is 16.2. The summed E-state index contributed by atoms with van der Waals surface area (Å²) in [6, 6.07) is 7.85. The lowest BCUT2D eigenvalue weighted by molar-refractivity contribution is 0.233. The first-order valence-electron chi connectivity index (χ1n) is 8.05. The second kappa shape index (κ2) is 6.81. The second-order valence-electron chi connectivity index (χ2n) is 5.97. The van der Waals surface area contributed by atoms with E-state index in [0.717, 1.165) is 43.6 Å². The minimum Gasteiger partial charge on any atom is -0.475 e. The van der Waals surface area contributed by atoms with Crippen molar-refractivity contribution in [2.24, 2.45) is 0 Å². The summed E-state index contributed by atoms with van der Waals surface area (Å²) < 4.78 is 5.68. The number of hydrogen-bond donors (Lipinski definition) is 0. The molecule has 0 aliphatic carbocycles. The number of aryl methyl sites for hydroxylation is 1. The van der Waals surface area contributed by atoms with Gasteiger partial charge in [0.05, 0.1) is 6.10 Å². The van der Waals surface area contributed by atoms with Gasteiger partial charge in [0, 0.05) is 44.1 Å². The molecule has 3 rings (SSSR count). The van der Waals surface area contributed by atoms with Crippen LogP contribution in [0.5, 0.6) is 5.88 Å². The van der Waals surface area contributed by atoms with Crippen molar-refractivity contribution in [3.05, 3.63) is 36.2 Å². The first-order valence-corrected chi connectivity index (χ1v) is 8.05. The van der Waals surface area contributed by atoms with Gasteiger partial charge >= 0.3 is 0 Å². The number of hydrogen-bond acceptors (Lipinski definition) is 6. The Hall–Kier alpha value is -2.37. The van der Waals surface area contributed by atoms with Gasteiger partial charge in [-0.1, -0.05) is 6.07 Å². The van der Waals surface area contributed by atoms with Crippen LogP contribution in [0.2, 0.25) is 0 Å². The molecule has 0 unspecified atom stereocenters. The van der Waals surface area contributed by atoms with Gasteiger partial charge in [0.2, 0.25) is 11.8 Å². The molecule has 1 saturated heterocycles. The van der Waals surface area contributed by atoms with E-state index in [-0.39, 0.29) is 6.10 Å². The van der Waals surface area contributed by atoms with Gasteiger partial charge in [-0.2, -0.15) is 4.98 Å². The van der Waals surface area contributed by atoms with Crippen LogP contribution in [-0.2, 0) is 0 Å². The van der Waals surface area contributed by atoms with Crippen molar-refractivity contribution >= 4 is 11.8 Å². The van der Waals surface area contributed by atoms with Crippen molar-refractivity contribution in [1.82, 2.24) is 15.0 Å². The predicted molar refractivity (Wildman–Crippen MR) is 91.2 cm³/mol. The summed E-state index contributed by atoms with van der Waals surface area (Å²) in [4.78, 5) is 18.0. The van der Waals surface area contributed by atoms with E-state index < -0.39 is 0 Å². The Morgan fingerprint density at radius 3 is 2.43 bits per heavy atom. The smallest absolute Gasteiger partial charge is 0.225 e. The summed E-state index contributed by atoms with van der Waals surface area (Å²) in [5, 5.41) is 0. The molecule has 122 valence electrons. The normalized spacial score (nSPS) is 15.1. The van der Waals surface area contributed by atoms with E-state index in [2.05, 4.69) is 24.8 Å². The maximum absolute atomic E-state index is 5.68. The average molecular weight is 313 g/mol. The van der Waals surface area contributed by atoms with Gasteiger partial charge in [0.25, 0.3) is 0 Å². The molecule has 6 nitrogen and oxygen atoms in total. The zero-order valence-corrected chi connectivity index (χ0v) is 13.9. The van der Waals surface area contributed by atoms with E-state index in [4.69, 9.17) is 4.74 Å². The van der Waals surface area contributed by atoms with Crippen LogP contribution >= 0.6 is 0 Å². The summed E-state index contributed by atoms with van der Waals surface area (Å²) in [6.45, 7) is 9.58. The lowest BCUT2D eigenvalue weighted by Crippen LogP contribution is -2.47. The Kier molecular flexibility index (Phi) is 4.60. The van der Waals surface area contributed by atoms with Gasteiger partial charge in [0.15, 0.2) is 0 Å². The molecule has 6 heteroatoms. The molecular formula is C17H23N5O. The molecule has 2 aromatic rings. The predicted octanol–water partition coefficient (Wildman–Crippen LogP) is 2.29. The third-order valence-electron chi connectivity index (χ3n) is 3.73. The van der Waals surface area contributed by atoms with Crippen molar-refractivity contribution < 1.29 is 4.74 Å². The first kappa shape index (κ1) is 15.5. The molecule has 1 aliphatic heterocycles. The van der Waals surface area contributed by atoms with Crippen molar-refractivity contribution in [3.8, 4) is 5.88 Å². The van der Waals surface area contributed by atoms with Crippen LogP contribution in [0, 0.1) is 6.92 Å². The summed E-state index contributed by atoms with van der Waals surface area (Å²) in [5.41, 5.74) is 0.998. The largest absolute Gasteiger partial charge is 0.475 e. The molecule has 2 aromatic heterocycles. The topological polar surface area (TPSA) is 54.4 Å². The number of piperazine rings is 1. The molecule has 1 fully saturated rings. The van der Waals surface area contributed by atoms with Crippen molar-refractivity contribution in [3.63, 3.8) is 0 Å². The molecule has 3 heterocycles. The fourth-order valence-electron chi connectivity index (χ4n) is 2.61. The van der Waals surface area contributed by atoms with Crippen LogP contribution in [0.1, 0.15) is 19.5 Å². The molecule has 0 N–H and O–H groups in total. The van der Waals surface area contributed by atoms with E-state index in [1.165, 1.54) is 0 Å². The Morgan fingerprint density at radius 1 is 1.00 bits per heavy atom. The maximum Gasteiger partial charge on any atom is 0.225 e. The summed E-state index contributed by atoms with van der Waals surface area (Å²) in [5.74, 6) is 2.46. The van der Waals surface area contributed by atoms with Crippen LogP contribution in [-0.4, -0.2) is 47.2 Å². The van der Waals surface area contributed by atoms with Crippen molar-refractivity contribution in [1.29, 1.82) is 0 Å². The summed E-state index contributed by atoms with van der Waals surface area (Å²) in [6.07, 6.45) is 1.95. The molecular weight excluding hydrogens is 290 g/mol. The number of nitrogens with zero attached hydrogens (tertiary/aromatic N) is 5. The number of rotatable bonds is 4. The van der Waals surface area contributed by atoms with Crippen LogP contribution in [0.3, 0.4) is 0 Å². The molecule has 0 saturated carbocycles. The highest BCUT2D eigenvalue weighted by molar-refractivity contribution is 5.44. The molecule has 23 heavy (non-hydrogen) atoms. The molecule has 0 spiro atoms. The highest BCUT2D eigenvalue weighted by atomic mass is 16.5. The van der Waals surface area contributed by atoms with E-state index in [9.17, 15) is 0 Å². The Bertz CT molecular complexity index is 653. The minimum atomic E-state index is 0.132. The van der Waals surface area contributed by atoms with Crippen LogP contribution in [0.15, 0.2) is 30.5 Å². The number of pyridine rings is 1. The fourth-order valence-corrected chi connectivity index (χ4v) is 2.61. The molecule has 0 radical (unpaired) electrons. The lowest BCUT2D eigenvalue weighted by atomic mass is 10.3. The molecule has 1 aliphatic rings. The minimum absolute atomic E-state index is 0.132. The van der Waals surface area contributed by atoms with Crippen molar-refractivity contribution in [2.75, 3.05) is 36.0 Å². The molecule has 0 amide bonds. The monoisotopic (exact) mass is 313 g/mol. The number of anilines is 2. The zero-order valence-electron chi connectivity index (χ0n) is 13.9. The second-order valence-corrected chi connectivity index (χ2v) is 5.97. The van der Waals surface area contributed by atoms with Crippen molar-refractivity contribution in [2.45, 2.75) is 26.9 Å². The third kappa shape index (κ3) is 3.88. The SMILES string of the molecule is Cc1ccnc(N2CCN(c3cccc(OC(C)C)n3)CC2)n1. The Morgan fingerprint density at radius 2 is 1.74 bits per heavy atom. The Labute approximate surface area is 137 Å². The molecule has 0 atom stereocenters. The van der Waals surface area contributed by atoms with E-state index >= 15 is 0 Å². The van der Waals surface area contributed by atoms with Gasteiger partial charge in [-0.25, -0.2) is 9.97 Å². The average Bonchev–Trinajstić information content (AvgIpc) is 2.55. The first-order chi connectivity index (χ1) is 11.1. The fraction of sp³-hybridized carbons (Fsp3) is 0.471. The quantitative estimate of drug-likeness (QED) is 0.863. The van der Waals surface area contributed by atoms with Gasteiger partial charge < -0.3 is 14.5 Å². The van der Waals surface area contributed by atoms with Gasteiger partial charge in [-0.15, -0.1) is 0 Å². The highest BCUT2D eigenvalue weighted by Gasteiger charge is 2.20. The maximum atomic E-state index is 5.68. The summed E-state index contributed by atoms with van der Waals surface area (Å²) >= 11 is 0. The van der Waals surface area contributed by atoms with E-state index in [1.54, 1.807) is 0 Å². The van der Waals surface area contributed by atoms with Crippen LogP contribution < -0.4 is 14.5 Å². The highest BCUT2D eigenvalue weighted by Crippen LogP contribution is 2.19. The summed E-state index contributed by atoms with van der Waals surface area (Å²) in [7, 11) is 0. The molecule has 0 aromatic carbocycles. The number of aromatic nitrogens is 3. The van der Waals surface area contributed by atoms with Gasteiger partial charge in [-0.05, 0) is 32.9 Å². The van der Waals surface area contributed by atoms with Crippen LogP contribution in [0.25, 0.3) is 0 Å². The third-order valence-corrected chi connectivity index (χ3v) is 3.73. The van der Waals surface area contributed by atoms with E-state index in [1.807, 2.05) is 51.2 Å². The van der Waals surface area contributed by atoms with Gasteiger partial charge in [0.1, 0.15) is 5.82 Å². The van der Waals surface area contributed by atoms with E-state index in [0.29, 0.717) is 5.88 Å². The molecule has 0 bridgehead atoms. The number of ether oxygens (including phenoxy) is 1. The lowest BCUT2D eigenvalue weighted by Gasteiger charge is -2.35. The standard InChI is InChI=1S/C17H23N5O/c1-13(2)23-16-6-4-5-15(20-16)21-9-11-22(12-10-21)17-18-8-7-14(3)19-17/h4-8,13H,9-12H2,1-3H3. The van der Waals surface area contributed by atoms with Gasteiger partial charge in [-0.3, -0.25) is 0 Å². The van der Waals surface area contributed by atoms with Crippen LogP contribution in [0.4, 0.5) is 11.8 Å². The Balaban J connectivity index is 1.65.